The van der Waals surface area contributed by atoms with Gasteiger partial charge in [0.25, 0.3) is 0 Å². The summed E-state index contributed by atoms with van der Waals surface area (Å²) in [6, 6.07) is 7.73. The Morgan fingerprint density at radius 2 is 1.92 bits per heavy atom. The maximum Gasteiger partial charge on any atom is 0.216 e. The Bertz CT molecular complexity index is 276. The van der Waals surface area contributed by atoms with Gasteiger partial charge in [0.1, 0.15) is 0 Å². The maximum atomic E-state index is 5.76. The second-order valence-electron chi connectivity index (χ2n) is 2.95. The van der Waals surface area contributed by atoms with E-state index >= 15 is 0 Å². The minimum Gasteiger partial charge on any atom is -0.0784 e. The molecule has 0 aliphatic rings. The number of halogens is 3. The van der Waals surface area contributed by atoms with Crippen LogP contribution in [0, 0.1) is 0 Å². The van der Waals surface area contributed by atoms with Gasteiger partial charge in [-0.15, -0.1) is 0 Å². The largest absolute Gasteiger partial charge is 0.216 e. The topological polar surface area (TPSA) is 0 Å². The summed E-state index contributed by atoms with van der Waals surface area (Å²) in [5, 5.41) is 0. The first-order valence-electron chi connectivity index (χ1n) is 4.20. The Balaban J connectivity index is 2.92. The molecule has 0 N–H and O–H groups in total. The SMILES string of the molecule is CCCc1cccc(C(Cl)(Cl)Cl)c1. The van der Waals surface area contributed by atoms with Crippen molar-refractivity contribution in [1.29, 1.82) is 0 Å². The van der Waals surface area contributed by atoms with E-state index in [-0.39, 0.29) is 0 Å². The average Bonchev–Trinajstić information content (AvgIpc) is 2.04. The third kappa shape index (κ3) is 3.38. The fourth-order valence-corrected chi connectivity index (χ4v) is 1.54. The summed E-state index contributed by atoms with van der Waals surface area (Å²) in [6.07, 6.45) is 2.12. The highest BCUT2D eigenvalue weighted by Crippen LogP contribution is 2.38. The van der Waals surface area contributed by atoms with Crippen molar-refractivity contribution in [1.82, 2.24) is 0 Å². The van der Waals surface area contributed by atoms with Crippen molar-refractivity contribution in [3.63, 3.8) is 0 Å². The molecule has 0 radical (unpaired) electrons. The summed E-state index contributed by atoms with van der Waals surface area (Å²) < 4.78 is -1.30. The van der Waals surface area contributed by atoms with Crippen molar-refractivity contribution >= 4 is 34.8 Å². The van der Waals surface area contributed by atoms with E-state index in [1.54, 1.807) is 0 Å². The summed E-state index contributed by atoms with van der Waals surface area (Å²) in [4.78, 5) is 0. The predicted molar refractivity (Wildman–Crippen MR) is 59.7 cm³/mol. The van der Waals surface area contributed by atoms with Gasteiger partial charge in [0, 0.05) is 5.56 Å². The molecule has 1 aromatic carbocycles. The highest BCUT2D eigenvalue weighted by Gasteiger charge is 2.22. The van der Waals surface area contributed by atoms with Gasteiger partial charge in [0.15, 0.2) is 0 Å². The molecule has 0 amide bonds. The smallest absolute Gasteiger partial charge is 0.0784 e. The number of benzene rings is 1. The molecule has 0 fully saturated rings. The van der Waals surface area contributed by atoms with Crippen LogP contribution in [0.2, 0.25) is 0 Å². The summed E-state index contributed by atoms with van der Waals surface area (Å²) in [7, 11) is 0. The first-order valence-corrected chi connectivity index (χ1v) is 5.33. The van der Waals surface area contributed by atoms with Gasteiger partial charge in [-0.25, -0.2) is 0 Å². The van der Waals surface area contributed by atoms with Crippen LogP contribution in [0.25, 0.3) is 0 Å². The highest BCUT2D eigenvalue weighted by atomic mass is 35.6. The summed E-state index contributed by atoms with van der Waals surface area (Å²) in [5.74, 6) is 0. The molecule has 0 nitrogen and oxygen atoms in total. The van der Waals surface area contributed by atoms with Crippen molar-refractivity contribution in [3.8, 4) is 0 Å². The molecule has 0 aliphatic carbocycles. The van der Waals surface area contributed by atoms with Crippen LogP contribution in [-0.2, 0) is 10.2 Å². The summed E-state index contributed by atoms with van der Waals surface area (Å²) in [6.45, 7) is 2.13. The van der Waals surface area contributed by atoms with E-state index < -0.39 is 3.79 Å². The number of alkyl halides is 3. The lowest BCUT2D eigenvalue weighted by atomic mass is 10.1. The molecule has 0 heterocycles. The molecule has 0 aromatic heterocycles. The number of hydrogen-bond acceptors (Lipinski definition) is 0. The van der Waals surface area contributed by atoms with Crippen LogP contribution in [0.5, 0.6) is 0 Å². The first kappa shape index (κ1) is 11.2. The molecule has 3 heteroatoms. The Labute approximate surface area is 93.8 Å². The third-order valence-corrected chi connectivity index (χ3v) is 2.45. The fraction of sp³-hybridized carbons (Fsp3) is 0.400. The van der Waals surface area contributed by atoms with E-state index in [2.05, 4.69) is 6.92 Å². The standard InChI is InChI=1S/C10H11Cl3/c1-2-4-8-5-3-6-9(7-8)10(11,12)13/h3,5-7H,2,4H2,1H3. The van der Waals surface area contributed by atoms with E-state index in [4.69, 9.17) is 34.8 Å². The molecule has 0 saturated carbocycles. The van der Waals surface area contributed by atoms with Crippen LogP contribution in [0.3, 0.4) is 0 Å². The van der Waals surface area contributed by atoms with E-state index in [0.717, 1.165) is 18.4 Å². The monoisotopic (exact) mass is 236 g/mol. The Morgan fingerprint density at radius 3 is 2.46 bits per heavy atom. The van der Waals surface area contributed by atoms with Gasteiger partial charge in [-0.1, -0.05) is 72.4 Å². The van der Waals surface area contributed by atoms with E-state index in [9.17, 15) is 0 Å². The van der Waals surface area contributed by atoms with Gasteiger partial charge < -0.3 is 0 Å². The number of hydrogen-bond donors (Lipinski definition) is 0. The lowest BCUT2D eigenvalue weighted by Gasteiger charge is -2.12. The molecule has 13 heavy (non-hydrogen) atoms. The quantitative estimate of drug-likeness (QED) is 0.666. The van der Waals surface area contributed by atoms with Crippen LogP contribution < -0.4 is 0 Å². The van der Waals surface area contributed by atoms with Crippen molar-refractivity contribution < 1.29 is 0 Å². The summed E-state index contributed by atoms with van der Waals surface area (Å²) in [5.41, 5.74) is 1.95. The van der Waals surface area contributed by atoms with E-state index in [1.807, 2.05) is 24.3 Å². The Kier molecular flexibility index (Phi) is 3.90. The van der Waals surface area contributed by atoms with Crippen LogP contribution >= 0.6 is 34.8 Å². The van der Waals surface area contributed by atoms with E-state index in [1.165, 1.54) is 5.56 Å². The second kappa shape index (κ2) is 4.54. The van der Waals surface area contributed by atoms with Gasteiger partial charge in [0.2, 0.25) is 3.79 Å². The van der Waals surface area contributed by atoms with Crippen LogP contribution in [-0.4, -0.2) is 0 Å². The predicted octanol–water partition coefficient (Wildman–Crippen LogP) is 4.47. The molecular formula is C10H11Cl3. The molecule has 0 atom stereocenters. The van der Waals surface area contributed by atoms with Crippen LogP contribution in [0.15, 0.2) is 24.3 Å². The molecule has 0 aliphatic heterocycles. The fourth-order valence-electron chi connectivity index (χ4n) is 1.19. The molecule has 1 rings (SSSR count). The lowest BCUT2D eigenvalue weighted by Crippen LogP contribution is -2.00. The molecule has 0 unspecified atom stereocenters. The zero-order valence-electron chi connectivity index (χ0n) is 7.36. The average molecular weight is 238 g/mol. The van der Waals surface area contributed by atoms with Gasteiger partial charge in [-0.2, -0.15) is 0 Å². The van der Waals surface area contributed by atoms with Crippen molar-refractivity contribution in [2.24, 2.45) is 0 Å². The van der Waals surface area contributed by atoms with Crippen LogP contribution in [0.1, 0.15) is 24.5 Å². The zero-order valence-corrected chi connectivity index (χ0v) is 9.63. The zero-order chi connectivity index (χ0) is 9.90. The molecule has 0 saturated heterocycles. The normalized spacial score (nSPS) is 11.7. The third-order valence-electron chi connectivity index (χ3n) is 1.79. The summed E-state index contributed by atoms with van der Waals surface area (Å²) >= 11 is 17.3. The van der Waals surface area contributed by atoms with Crippen molar-refractivity contribution in [3.05, 3.63) is 35.4 Å². The van der Waals surface area contributed by atoms with E-state index in [0.29, 0.717) is 0 Å². The van der Waals surface area contributed by atoms with Crippen molar-refractivity contribution in [2.75, 3.05) is 0 Å². The minimum absolute atomic E-state index is 0.739. The molecule has 0 spiro atoms. The lowest BCUT2D eigenvalue weighted by molar-refractivity contribution is 0.918. The number of rotatable bonds is 2. The Hall–Kier alpha value is 0.0900. The van der Waals surface area contributed by atoms with Gasteiger partial charge >= 0.3 is 0 Å². The molecule has 0 bridgehead atoms. The molecular weight excluding hydrogens is 226 g/mol. The second-order valence-corrected chi connectivity index (χ2v) is 5.23. The molecule has 1 aromatic rings. The highest BCUT2D eigenvalue weighted by molar-refractivity contribution is 6.66. The van der Waals surface area contributed by atoms with Crippen LogP contribution in [0.4, 0.5) is 0 Å². The van der Waals surface area contributed by atoms with Gasteiger partial charge in [-0.3, -0.25) is 0 Å². The Morgan fingerprint density at radius 1 is 1.23 bits per heavy atom. The minimum atomic E-state index is -1.30. The van der Waals surface area contributed by atoms with Gasteiger partial charge in [0.05, 0.1) is 0 Å². The van der Waals surface area contributed by atoms with Crippen molar-refractivity contribution in [2.45, 2.75) is 23.6 Å². The van der Waals surface area contributed by atoms with Gasteiger partial charge in [-0.05, 0) is 12.0 Å². The molecule has 72 valence electrons. The first-order chi connectivity index (χ1) is 6.04. The number of aryl methyl sites for hydroxylation is 1. The maximum absolute atomic E-state index is 5.76.